The second-order valence-corrected chi connectivity index (χ2v) is 5.59. The Morgan fingerprint density at radius 1 is 1.40 bits per heavy atom. The normalized spacial score (nSPS) is 26.6. The van der Waals surface area contributed by atoms with Gasteiger partial charge in [0.15, 0.2) is 0 Å². The fourth-order valence-corrected chi connectivity index (χ4v) is 2.05. The first kappa shape index (κ1) is 12.9. The Morgan fingerprint density at radius 3 is 2.47 bits per heavy atom. The molecule has 0 saturated carbocycles. The lowest BCUT2D eigenvalue weighted by Crippen LogP contribution is -2.45. The average Bonchev–Trinajstić information content (AvgIpc) is 2.64. The second kappa shape index (κ2) is 4.79. The third-order valence-corrected chi connectivity index (χ3v) is 3.55. The summed E-state index contributed by atoms with van der Waals surface area (Å²) in [5, 5.41) is 0. The van der Waals surface area contributed by atoms with Crippen LogP contribution in [0.2, 0.25) is 0 Å². The number of ether oxygens (including phenoxy) is 1. The minimum Gasteiger partial charge on any atom is -0.378 e. The summed E-state index contributed by atoms with van der Waals surface area (Å²) < 4.78 is 20.0. The van der Waals surface area contributed by atoms with Crippen molar-refractivity contribution in [2.45, 2.75) is 58.2 Å². The quantitative estimate of drug-likeness (QED) is 0.785. The molecule has 2 N–H and O–H groups in total. The van der Waals surface area contributed by atoms with Crippen LogP contribution in [0, 0.1) is 5.41 Å². The highest BCUT2D eigenvalue weighted by Gasteiger charge is 2.41. The van der Waals surface area contributed by atoms with E-state index >= 15 is 0 Å². The zero-order valence-corrected chi connectivity index (χ0v) is 10.2. The molecule has 0 aromatic carbocycles. The highest BCUT2D eigenvalue weighted by Crippen LogP contribution is 2.38. The van der Waals surface area contributed by atoms with Crippen molar-refractivity contribution in [3.05, 3.63) is 0 Å². The van der Waals surface area contributed by atoms with Gasteiger partial charge in [-0.15, -0.1) is 0 Å². The predicted molar refractivity (Wildman–Crippen MR) is 60.6 cm³/mol. The molecule has 0 aromatic heterocycles. The molecule has 0 spiro atoms. The topological polar surface area (TPSA) is 35.2 Å². The van der Waals surface area contributed by atoms with Gasteiger partial charge >= 0.3 is 0 Å². The monoisotopic (exact) mass is 217 g/mol. The highest BCUT2D eigenvalue weighted by atomic mass is 19.1. The Labute approximate surface area is 92.4 Å². The molecule has 2 unspecified atom stereocenters. The predicted octanol–water partition coefficient (Wildman–Crippen LogP) is 2.66. The van der Waals surface area contributed by atoms with Crippen molar-refractivity contribution in [3.8, 4) is 0 Å². The van der Waals surface area contributed by atoms with Gasteiger partial charge in [0.05, 0.1) is 6.10 Å². The number of nitrogens with two attached hydrogens (primary N) is 1. The van der Waals surface area contributed by atoms with Crippen molar-refractivity contribution in [2.24, 2.45) is 11.1 Å². The van der Waals surface area contributed by atoms with Crippen LogP contribution in [0.1, 0.15) is 46.5 Å². The van der Waals surface area contributed by atoms with Crippen LogP contribution in [-0.2, 0) is 4.74 Å². The van der Waals surface area contributed by atoms with Crippen molar-refractivity contribution in [1.82, 2.24) is 0 Å². The number of rotatable bonds is 4. The van der Waals surface area contributed by atoms with Gasteiger partial charge in [0.2, 0.25) is 0 Å². The Morgan fingerprint density at radius 2 is 2.07 bits per heavy atom. The molecule has 0 aliphatic carbocycles. The summed E-state index contributed by atoms with van der Waals surface area (Å²) in [6.45, 7) is 6.67. The van der Waals surface area contributed by atoms with Gasteiger partial charge in [-0.05, 0) is 31.1 Å². The zero-order valence-electron chi connectivity index (χ0n) is 10.2. The third-order valence-electron chi connectivity index (χ3n) is 3.55. The Balaban J connectivity index is 2.45. The number of hydrogen-bond donors (Lipinski definition) is 1. The van der Waals surface area contributed by atoms with Crippen LogP contribution in [0.25, 0.3) is 0 Å². The molecule has 2 atom stereocenters. The van der Waals surface area contributed by atoms with Crippen LogP contribution in [0.3, 0.4) is 0 Å². The lowest BCUT2D eigenvalue weighted by Gasteiger charge is -2.37. The Hall–Kier alpha value is -0.150. The van der Waals surface area contributed by atoms with E-state index in [2.05, 4.69) is 0 Å². The van der Waals surface area contributed by atoms with Gasteiger partial charge in [-0.2, -0.15) is 0 Å². The maximum absolute atomic E-state index is 14.5. The Kier molecular flexibility index (Phi) is 4.13. The summed E-state index contributed by atoms with van der Waals surface area (Å²) in [5.74, 6) is 0. The van der Waals surface area contributed by atoms with Gasteiger partial charge in [0.1, 0.15) is 5.67 Å². The van der Waals surface area contributed by atoms with Crippen molar-refractivity contribution in [2.75, 3.05) is 13.2 Å². The van der Waals surface area contributed by atoms with E-state index < -0.39 is 5.67 Å². The summed E-state index contributed by atoms with van der Waals surface area (Å²) in [5.41, 5.74) is 3.91. The fourth-order valence-electron chi connectivity index (χ4n) is 2.05. The summed E-state index contributed by atoms with van der Waals surface area (Å²) in [7, 11) is 0. The standard InChI is InChI=1S/C12H24FNO/c1-11(2,3)12(13,9-14)7-6-10-5-4-8-15-10/h10H,4-9,14H2,1-3H3. The summed E-state index contributed by atoms with van der Waals surface area (Å²) in [4.78, 5) is 0. The fraction of sp³-hybridized carbons (Fsp3) is 1.00. The molecule has 0 amide bonds. The minimum absolute atomic E-state index is 0.100. The summed E-state index contributed by atoms with van der Waals surface area (Å²) in [6, 6.07) is 0. The molecule has 0 radical (unpaired) electrons. The Bertz CT molecular complexity index is 196. The lowest BCUT2D eigenvalue weighted by molar-refractivity contribution is 0.00903. The van der Waals surface area contributed by atoms with Gasteiger partial charge in [-0.1, -0.05) is 20.8 Å². The van der Waals surface area contributed by atoms with Crippen LogP contribution in [-0.4, -0.2) is 24.9 Å². The van der Waals surface area contributed by atoms with Crippen molar-refractivity contribution in [1.29, 1.82) is 0 Å². The molecule has 1 aliphatic heterocycles. The molecule has 0 bridgehead atoms. The van der Waals surface area contributed by atoms with Crippen molar-refractivity contribution >= 4 is 0 Å². The first-order valence-corrected chi connectivity index (χ1v) is 5.90. The molecule has 1 aliphatic rings. The zero-order chi connectivity index (χ0) is 11.5. The third kappa shape index (κ3) is 3.15. The van der Waals surface area contributed by atoms with Gasteiger partial charge in [0.25, 0.3) is 0 Å². The molecule has 1 heterocycles. The molecule has 1 saturated heterocycles. The number of hydrogen-bond acceptors (Lipinski definition) is 2. The first-order valence-electron chi connectivity index (χ1n) is 5.90. The van der Waals surface area contributed by atoms with Crippen molar-refractivity contribution < 1.29 is 9.13 Å². The van der Waals surface area contributed by atoms with Crippen LogP contribution in [0.5, 0.6) is 0 Å². The molecule has 1 fully saturated rings. The van der Waals surface area contributed by atoms with Gasteiger partial charge in [0, 0.05) is 13.2 Å². The van der Waals surface area contributed by atoms with Gasteiger partial charge < -0.3 is 10.5 Å². The van der Waals surface area contributed by atoms with E-state index in [0.717, 1.165) is 25.9 Å². The van der Waals surface area contributed by atoms with Gasteiger partial charge in [-0.3, -0.25) is 0 Å². The smallest absolute Gasteiger partial charge is 0.128 e. The first-order chi connectivity index (χ1) is 6.89. The van der Waals surface area contributed by atoms with E-state index in [1.165, 1.54) is 0 Å². The lowest BCUT2D eigenvalue weighted by atomic mass is 9.75. The summed E-state index contributed by atoms with van der Waals surface area (Å²) >= 11 is 0. The summed E-state index contributed by atoms with van der Waals surface area (Å²) in [6.07, 6.45) is 3.75. The van der Waals surface area contributed by atoms with E-state index in [9.17, 15) is 4.39 Å². The molecule has 3 heteroatoms. The maximum atomic E-state index is 14.5. The van der Waals surface area contributed by atoms with E-state index in [0.29, 0.717) is 6.42 Å². The average molecular weight is 217 g/mol. The maximum Gasteiger partial charge on any atom is 0.128 e. The molecular weight excluding hydrogens is 193 g/mol. The van der Waals surface area contributed by atoms with E-state index in [4.69, 9.17) is 10.5 Å². The van der Waals surface area contributed by atoms with Crippen LogP contribution < -0.4 is 5.73 Å². The molecule has 0 aromatic rings. The number of alkyl halides is 1. The SMILES string of the molecule is CC(C)(C)C(F)(CN)CCC1CCCO1. The minimum atomic E-state index is -1.26. The van der Waals surface area contributed by atoms with Crippen molar-refractivity contribution in [3.63, 3.8) is 0 Å². The molecular formula is C12H24FNO. The highest BCUT2D eigenvalue weighted by molar-refractivity contribution is 4.92. The van der Waals surface area contributed by atoms with Crippen LogP contribution in [0.15, 0.2) is 0 Å². The number of halogens is 1. The molecule has 1 rings (SSSR count). The molecule has 15 heavy (non-hydrogen) atoms. The van der Waals surface area contributed by atoms with Crippen LogP contribution >= 0.6 is 0 Å². The van der Waals surface area contributed by atoms with E-state index in [-0.39, 0.29) is 18.1 Å². The van der Waals surface area contributed by atoms with E-state index in [1.54, 1.807) is 0 Å². The van der Waals surface area contributed by atoms with Gasteiger partial charge in [-0.25, -0.2) is 4.39 Å². The largest absolute Gasteiger partial charge is 0.378 e. The van der Waals surface area contributed by atoms with Crippen LogP contribution in [0.4, 0.5) is 4.39 Å². The molecule has 90 valence electrons. The second-order valence-electron chi connectivity index (χ2n) is 5.59. The molecule has 2 nitrogen and oxygen atoms in total. The van der Waals surface area contributed by atoms with E-state index in [1.807, 2.05) is 20.8 Å².